The number of thioether (sulfide) groups is 1. The van der Waals surface area contributed by atoms with Gasteiger partial charge in [0, 0.05) is 51.9 Å². The van der Waals surface area contributed by atoms with Gasteiger partial charge in [-0.3, -0.25) is 9.59 Å². The Morgan fingerprint density at radius 3 is 2.29 bits per heavy atom. The largest absolute Gasteiger partial charge is 0.462 e. The summed E-state index contributed by atoms with van der Waals surface area (Å²) in [5.74, 6) is 1.23. The number of ether oxygens (including phenoxy) is 7. The van der Waals surface area contributed by atoms with E-state index in [1.165, 1.54) is 24.8 Å². The van der Waals surface area contributed by atoms with E-state index in [0.29, 0.717) is 51.9 Å². The van der Waals surface area contributed by atoms with Crippen molar-refractivity contribution in [3.63, 3.8) is 0 Å². The number of rotatable bonds is 27. The molecule has 0 aromatic heterocycles. The Morgan fingerprint density at radius 1 is 0.891 bits per heavy atom. The lowest BCUT2D eigenvalue weighted by Crippen LogP contribution is -2.31. The van der Waals surface area contributed by atoms with Gasteiger partial charge < -0.3 is 38.3 Å². The van der Waals surface area contributed by atoms with Crippen molar-refractivity contribution in [3.05, 3.63) is 47.5 Å². The molecule has 2 unspecified atom stereocenters. The minimum Gasteiger partial charge on any atom is -0.462 e. The zero-order valence-corrected chi connectivity index (χ0v) is 34.5. The van der Waals surface area contributed by atoms with Crippen molar-refractivity contribution >= 4 is 23.7 Å². The zero-order valence-electron chi connectivity index (χ0n) is 33.7. The van der Waals surface area contributed by atoms with Crippen molar-refractivity contribution in [2.75, 3.05) is 45.0 Å². The fourth-order valence-electron chi connectivity index (χ4n) is 7.73. The van der Waals surface area contributed by atoms with Crippen LogP contribution in [0.3, 0.4) is 0 Å². The summed E-state index contributed by atoms with van der Waals surface area (Å²) in [6, 6.07) is 8.45. The normalized spacial score (nSPS) is 24.9. The third-order valence-electron chi connectivity index (χ3n) is 10.7. The standard InChI is InChI=1S/C44H70O10S/c1-3-4-5-6-7-8-17-41(46)49-26-27-50-42(47)18-14-28-55-29-23-37-38(40(32-39(37)45)54-44-20-10-12-25-52-44)22-21-36(53-43-19-9-11-24-51-43)31-34-15-13-16-35(30-34)33-48-2/h13,15-16,21-22,30,36-40,43-45H,3-12,14,17-20,23-29,31-33H2,1-2H3/b22-21+/t36-,37-,38-,39+,40-,43?,44?/m1/s1. The molecule has 0 bridgehead atoms. The second-order valence-electron chi connectivity index (χ2n) is 15.3. The smallest absolute Gasteiger partial charge is 0.305 e. The molecule has 55 heavy (non-hydrogen) atoms. The lowest BCUT2D eigenvalue weighted by molar-refractivity contribution is -0.193. The van der Waals surface area contributed by atoms with Crippen molar-refractivity contribution in [1.82, 2.24) is 0 Å². The molecule has 0 spiro atoms. The molecule has 4 rings (SSSR count). The molecule has 312 valence electrons. The van der Waals surface area contributed by atoms with Gasteiger partial charge in [0.1, 0.15) is 13.2 Å². The summed E-state index contributed by atoms with van der Waals surface area (Å²) in [5.41, 5.74) is 2.30. The first kappa shape index (κ1) is 45.7. The van der Waals surface area contributed by atoms with Crippen LogP contribution in [0.2, 0.25) is 0 Å². The van der Waals surface area contributed by atoms with Crippen molar-refractivity contribution in [3.8, 4) is 0 Å². The van der Waals surface area contributed by atoms with Crippen LogP contribution in [0.5, 0.6) is 0 Å². The Bertz CT molecular complexity index is 1220. The number of aliphatic hydroxyl groups excluding tert-OH is 1. The Balaban J connectivity index is 1.24. The highest BCUT2D eigenvalue weighted by Gasteiger charge is 2.43. The van der Waals surface area contributed by atoms with Crippen LogP contribution in [0.15, 0.2) is 36.4 Å². The monoisotopic (exact) mass is 790 g/mol. The molecular weight excluding hydrogens is 721 g/mol. The molecule has 7 atom stereocenters. The van der Waals surface area contributed by atoms with Crippen LogP contribution in [0.4, 0.5) is 0 Å². The average Bonchev–Trinajstić information content (AvgIpc) is 3.48. The quantitative estimate of drug-likeness (QED) is 0.0525. The lowest BCUT2D eigenvalue weighted by atomic mass is 9.90. The first-order chi connectivity index (χ1) is 26.9. The van der Waals surface area contributed by atoms with E-state index in [1.54, 1.807) is 18.9 Å². The van der Waals surface area contributed by atoms with Gasteiger partial charge in [-0.15, -0.1) is 0 Å². The van der Waals surface area contributed by atoms with Gasteiger partial charge in [-0.1, -0.05) is 75.4 Å². The van der Waals surface area contributed by atoms with E-state index in [9.17, 15) is 14.7 Å². The molecule has 1 saturated carbocycles. The number of esters is 2. The van der Waals surface area contributed by atoms with Gasteiger partial charge in [-0.05, 0) is 86.3 Å². The van der Waals surface area contributed by atoms with Crippen molar-refractivity contribution < 1.29 is 47.9 Å². The van der Waals surface area contributed by atoms with E-state index in [-0.39, 0.29) is 61.8 Å². The van der Waals surface area contributed by atoms with Crippen LogP contribution >= 0.6 is 11.8 Å². The molecule has 0 radical (unpaired) electrons. The fraction of sp³-hybridized carbons (Fsp3) is 0.773. The van der Waals surface area contributed by atoms with Crippen molar-refractivity contribution in [2.45, 2.75) is 160 Å². The minimum atomic E-state index is -0.481. The third-order valence-corrected chi connectivity index (χ3v) is 11.8. The van der Waals surface area contributed by atoms with E-state index in [0.717, 1.165) is 81.3 Å². The van der Waals surface area contributed by atoms with Gasteiger partial charge in [0.25, 0.3) is 0 Å². The second-order valence-corrected chi connectivity index (χ2v) is 16.5. The molecule has 10 nitrogen and oxygen atoms in total. The number of aliphatic hydroxyl groups is 1. The molecule has 1 aromatic rings. The highest BCUT2D eigenvalue weighted by atomic mass is 32.2. The average molecular weight is 791 g/mol. The van der Waals surface area contributed by atoms with E-state index < -0.39 is 6.10 Å². The molecule has 2 saturated heterocycles. The topological polar surface area (TPSA) is 119 Å². The van der Waals surface area contributed by atoms with Gasteiger partial charge in [-0.25, -0.2) is 0 Å². The maximum Gasteiger partial charge on any atom is 0.305 e. The summed E-state index contributed by atoms with van der Waals surface area (Å²) in [4.78, 5) is 24.2. The van der Waals surface area contributed by atoms with Crippen molar-refractivity contribution in [2.24, 2.45) is 11.8 Å². The van der Waals surface area contributed by atoms with Gasteiger partial charge in [0.05, 0.1) is 24.9 Å². The Morgan fingerprint density at radius 2 is 1.58 bits per heavy atom. The summed E-state index contributed by atoms with van der Waals surface area (Å²) in [6.45, 7) is 4.38. The van der Waals surface area contributed by atoms with Gasteiger partial charge in [0.15, 0.2) is 12.6 Å². The summed E-state index contributed by atoms with van der Waals surface area (Å²) in [6.07, 6.45) is 19.4. The van der Waals surface area contributed by atoms with Crippen LogP contribution in [0, 0.1) is 11.8 Å². The van der Waals surface area contributed by atoms with Gasteiger partial charge in [-0.2, -0.15) is 11.8 Å². The molecule has 1 N–H and O–H groups in total. The predicted octanol–water partition coefficient (Wildman–Crippen LogP) is 8.49. The Hall–Kier alpha value is -1.99. The van der Waals surface area contributed by atoms with Crippen LogP contribution in [-0.2, 0) is 55.8 Å². The first-order valence-electron chi connectivity index (χ1n) is 21.3. The van der Waals surface area contributed by atoms with E-state index in [1.807, 2.05) is 0 Å². The highest BCUT2D eigenvalue weighted by molar-refractivity contribution is 7.99. The van der Waals surface area contributed by atoms with Crippen LogP contribution in [0.1, 0.15) is 127 Å². The van der Waals surface area contributed by atoms with E-state index >= 15 is 0 Å². The summed E-state index contributed by atoms with van der Waals surface area (Å²) in [5, 5.41) is 11.4. The zero-order chi connectivity index (χ0) is 38.9. The van der Waals surface area contributed by atoms with Gasteiger partial charge in [0.2, 0.25) is 0 Å². The molecule has 3 fully saturated rings. The molecule has 1 aromatic carbocycles. The number of hydrogen-bond donors (Lipinski definition) is 1. The number of carbonyl (C=O) groups is 2. The minimum absolute atomic E-state index is 0.00852. The maximum absolute atomic E-state index is 12.3. The van der Waals surface area contributed by atoms with E-state index in [4.69, 9.17) is 33.2 Å². The Labute approximate surface area is 335 Å². The number of unbranched alkanes of at least 4 members (excludes halogenated alkanes) is 5. The van der Waals surface area contributed by atoms with Crippen molar-refractivity contribution in [1.29, 1.82) is 0 Å². The Kier molecular flexibility index (Phi) is 22.9. The third kappa shape index (κ3) is 18.4. The molecule has 1 aliphatic carbocycles. The molecule has 2 aliphatic heterocycles. The van der Waals surface area contributed by atoms with Gasteiger partial charge >= 0.3 is 11.9 Å². The van der Waals surface area contributed by atoms with E-state index in [2.05, 4.69) is 43.3 Å². The highest BCUT2D eigenvalue weighted by Crippen LogP contribution is 2.40. The molecule has 0 amide bonds. The van der Waals surface area contributed by atoms with Crippen LogP contribution in [0.25, 0.3) is 0 Å². The SMILES string of the molecule is CCCCCCCCC(=O)OCCOC(=O)CCCSCC[C@@H]1[C@@H](/C=C/[C@H](Cc2cccc(COC)c2)OC2CCCCO2)[C@H](OC2CCCCO2)C[C@@H]1O. The van der Waals surface area contributed by atoms with Crippen LogP contribution in [-0.4, -0.2) is 93.0 Å². The summed E-state index contributed by atoms with van der Waals surface area (Å²) < 4.78 is 41.0. The maximum atomic E-state index is 12.3. The summed E-state index contributed by atoms with van der Waals surface area (Å²) in [7, 11) is 1.71. The fourth-order valence-corrected chi connectivity index (χ4v) is 8.72. The molecule has 2 heterocycles. The summed E-state index contributed by atoms with van der Waals surface area (Å²) >= 11 is 1.79. The van der Waals surface area contributed by atoms with Crippen LogP contribution < -0.4 is 0 Å². The predicted molar refractivity (Wildman–Crippen MR) is 216 cm³/mol. The number of methoxy groups -OCH3 is 1. The molecule has 3 aliphatic rings. The molecule has 11 heteroatoms. The second kappa shape index (κ2) is 27.6. The number of benzene rings is 1. The number of hydrogen-bond acceptors (Lipinski definition) is 11. The molecular formula is C44H70O10S. The lowest BCUT2D eigenvalue weighted by Gasteiger charge is -2.30. The first-order valence-corrected chi connectivity index (χ1v) is 22.5. The number of carbonyl (C=O) groups excluding carboxylic acids is 2.